The van der Waals surface area contributed by atoms with Gasteiger partial charge in [-0.05, 0) is 37.1 Å². The number of anilines is 1. The Morgan fingerprint density at radius 3 is 2.27 bits per heavy atom. The van der Waals surface area contributed by atoms with Gasteiger partial charge in [0.05, 0.1) is 0 Å². The van der Waals surface area contributed by atoms with Gasteiger partial charge in [0, 0.05) is 36.8 Å². The maximum atomic E-state index is 12.5. The van der Waals surface area contributed by atoms with Gasteiger partial charge in [-0.25, -0.2) is 0 Å². The van der Waals surface area contributed by atoms with Crippen molar-refractivity contribution in [1.82, 2.24) is 4.90 Å². The number of benzene rings is 1. The quantitative estimate of drug-likeness (QED) is 0.895. The van der Waals surface area contributed by atoms with E-state index >= 15 is 0 Å². The zero-order valence-electron chi connectivity index (χ0n) is 13.2. The molecule has 0 spiro atoms. The Labute approximate surface area is 131 Å². The van der Waals surface area contributed by atoms with Gasteiger partial charge in [-0.3, -0.25) is 9.59 Å². The van der Waals surface area contributed by atoms with Gasteiger partial charge in [0.2, 0.25) is 5.91 Å². The average molecular weight is 303 g/mol. The van der Waals surface area contributed by atoms with Crippen LogP contribution in [0.15, 0.2) is 24.3 Å². The molecule has 2 rings (SSSR count). The van der Waals surface area contributed by atoms with Crippen molar-refractivity contribution >= 4 is 17.5 Å². The maximum absolute atomic E-state index is 12.5. The van der Waals surface area contributed by atoms with Crippen LogP contribution in [0.2, 0.25) is 0 Å². The van der Waals surface area contributed by atoms with Crippen LogP contribution < -0.4 is 11.1 Å². The molecule has 1 aliphatic heterocycles. The minimum absolute atomic E-state index is 0.0788. The second-order valence-electron chi connectivity index (χ2n) is 5.91. The Bertz CT molecular complexity index is 505. The second-order valence-corrected chi connectivity index (χ2v) is 5.91. The van der Waals surface area contributed by atoms with Gasteiger partial charge in [-0.1, -0.05) is 19.8 Å². The molecular formula is C17H25N3O2. The molecule has 0 radical (unpaired) electrons. The lowest BCUT2D eigenvalue weighted by Crippen LogP contribution is -2.31. The zero-order valence-corrected chi connectivity index (χ0v) is 13.2. The summed E-state index contributed by atoms with van der Waals surface area (Å²) in [5.41, 5.74) is 6.84. The first-order chi connectivity index (χ1) is 10.6. The number of rotatable bonds is 4. The summed E-state index contributed by atoms with van der Waals surface area (Å²) in [6.45, 7) is 3.78. The molecule has 1 saturated heterocycles. The molecule has 22 heavy (non-hydrogen) atoms. The topological polar surface area (TPSA) is 75.4 Å². The first kappa shape index (κ1) is 16.5. The fraction of sp³-hybridized carbons (Fsp3) is 0.529. The van der Waals surface area contributed by atoms with Gasteiger partial charge in [-0.2, -0.15) is 0 Å². The molecule has 1 aromatic rings. The van der Waals surface area contributed by atoms with Crippen LogP contribution >= 0.6 is 0 Å². The largest absolute Gasteiger partial charge is 0.339 e. The molecule has 0 bridgehead atoms. The Balaban J connectivity index is 1.98. The van der Waals surface area contributed by atoms with Crippen LogP contribution in [-0.4, -0.2) is 36.3 Å². The number of nitrogens with one attached hydrogen (secondary N) is 1. The minimum atomic E-state index is -0.224. The molecule has 2 amide bonds. The van der Waals surface area contributed by atoms with Crippen LogP contribution in [0, 0.1) is 5.92 Å². The van der Waals surface area contributed by atoms with Crippen molar-refractivity contribution in [3.05, 3.63) is 29.8 Å². The lowest BCUT2D eigenvalue weighted by atomic mass is 10.1. The second kappa shape index (κ2) is 7.94. The molecule has 1 atom stereocenters. The van der Waals surface area contributed by atoms with Crippen LogP contribution in [0.25, 0.3) is 0 Å². The lowest BCUT2D eigenvalue weighted by Gasteiger charge is -2.20. The van der Waals surface area contributed by atoms with Crippen molar-refractivity contribution in [2.45, 2.75) is 32.6 Å². The number of amides is 2. The summed E-state index contributed by atoms with van der Waals surface area (Å²) < 4.78 is 0. The van der Waals surface area contributed by atoms with E-state index in [4.69, 9.17) is 5.73 Å². The number of nitrogens with two attached hydrogens (primary N) is 1. The Hall–Kier alpha value is -1.88. The fourth-order valence-electron chi connectivity index (χ4n) is 2.52. The van der Waals surface area contributed by atoms with E-state index in [-0.39, 0.29) is 17.7 Å². The molecular weight excluding hydrogens is 278 g/mol. The van der Waals surface area contributed by atoms with E-state index in [1.54, 1.807) is 31.2 Å². The van der Waals surface area contributed by atoms with Crippen LogP contribution in [0.1, 0.15) is 43.0 Å². The molecule has 0 saturated carbocycles. The SMILES string of the molecule is CC(CN)C(=O)Nc1ccc(C(=O)N2CCCCCC2)cc1. The van der Waals surface area contributed by atoms with E-state index in [9.17, 15) is 9.59 Å². The van der Waals surface area contributed by atoms with Gasteiger partial charge in [-0.15, -0.1) is 0 Å². The summed E-state index contributed by atoms with van der Waals surface area (Å²) >= 11 is 0. The number of hydrogen-bond donors (Lipinski definition) is 2. The highest BCUT2D eigenvalue weighted by Gasteiger charge is 2.17. The van der Waals surface area contributed by atoms with Gasteiger partial charge in [0.1, 0.15) is 0 Å². The van der Waals surface area contributed by atoms with Gasteiger partial charge in [0.25, 0.3) is 5.91 Å². The van der Waals surface area contributed by atoms with Crippen LogP contribution in [-0.2, 0) is 4.79 Å². The number of carbonyl (C=O) groups excluding carboxylic acids is 2. The van der Waals surface area contributed by atoms with E-state index in [0.717, 1.165) is 25.9 Å². The van der Waals surface area contributed by atoms with Crippen molar-refractivity contribution in [3.8, 4) is 0 Å². The third-order valence-electron chi connectivity index (χ3n) is 4.09. The predicted molar refractivity (Wildman–Crippen MR) is 87.7 cm³/mol. The van der Waals surface area contributed by atoms with Crippen molar-refractivity contribution in [1.29, 1.82) is 0 Å². The van der Waals surface area contributed by atoms with E-state index < -0.39 is 0 Å². The van der Waals surface area contributed by atoms with E-state index in [1.165, 1.54) is 12.8 Å². The van der Waals surface area contributed by atoms with E-state index in [1.807, 2.05) is 4.90 Å². The summed E-state index contributed by atoms with van der Waals surface area (Å²) in [6, 6.07) is 7.09. The standard InChI is InChI=1S/C17H25N3O2/c1-13(12-18)16(21)19-15-8-6-14(7-9-15)17(22)20-10-4-2-3-5-11-20/h6-9,13H,2-5,10-12,18H2,1H3,(H,19,21). The van der Waals surface area contributed by atoms with Crippen molar-refractivity contribution in [2.24, 2.45) is 11.7 Å². The molecule has 3 N–H and O–H groups in total. The summed E-state index contributed by atoms with van der Waals surface area (Å²) in [5, 5.41) is 2.80. The highest BCUT2D eigenvalue weighted by atomic mass is 16.2. The average Bonchev–Trinajstić information content (AvgIpc) is 2.83. The Morgan fingerprint density at radius 2 is 1.73 bits per heavy atom. The van der Waals surface area contributed by atoms with Gasteiger partial charge < -0.3 is 16.0 Å². The van der Waals surface area contributed by atoms with E-state index in [0.29, 0.717) is 17.8 Å². The number of hydrogen-bond acceptors (Lipinski definition) is 3. The summed E-state index contributed by atoms with van der Waals surface area (Å²) in [5.74, 6) is -0.248. The van der Waals surface area contributed by atoms with Crippen molar-refractivity contribution in [2.75, 3.05) is 25.0 Å². The molecule has 1 aromatic carbocycles. The van der Waals surface area contributed by atoms with Crippen LogP contribution in [0.5, 0.6) is 0 Å². The lowest BCUT2D eigenvalue weighted by molar-refractivity contribution is -0.119. The molecule has 120 valence electrons. The van der Waals surface area contributed by atoms with Crippen LogP contribution in [0.3, 0.4) is 0 Å². The molecule has 0 aliphatic carbocycles. The molecule has 5 heteroatoms. The normalized spacial score (nSPS) is 16.7. The highest BCUT2D eigenvalue weighted by molar-refractivity contribution is 5.96. The maximum Gasteiger partial charge on any atom is 0.253 e. The molecule has 5 nitrogen and oxygen atoms in total. The molecule has 1 fully saturated rings. The van der Waals surface area contributed by atoms with Gasteiger partial charge in [0.15, 0.2) is 0 Å². The third kappa shape index (κ3) is 4.31. The van der Waals surface area contributed by atoms with E-state index in [2.05, 4.69) is 5.32 Å². The first-order valence-electron chi connectivity index (χ1n) is 8.02. The number of likely N-dealkylation sites (tertiary alicyclic amines) is 1. The number of carbonyl (C=O) groups is 2. The molecule has 1 heterocycles. The Kier molecular flexibility index (Phi) is 5.95. The smallest absolute Gasteiger partial charge is 0.253 e. The first-order valence-corrected chi connectivity index (χ1v) is 8.02. The molecule has 0 aromatic heterocycles. The predicted octanol–water partition coefficient (Wildman–Crippen LogP) is 2.24. The van der Waals surface area contributed by atoms with Crippen molar-refractivity contribution < 1.29 is 9.59 Å². The molecule has 1 aliphatic rings. The minimum Gasteiger partial charge on any atom is -0.339 e. The highest BCUT2D eigenvalue weighted by Crippen LogP contribution is 2.16. The van der Waals surface area contributed by atoms with Gasteiger partial charge >= 0.3 is 0 Å². The fourth-order valence-corrected chi connectivity index (χ4v) is 2.52. The zero-order chi connectivity index (χ0) is 15.9. The summed E-state index contributed by atoms with van der Waals surface area (Å²) in [4.78, 5) is 26.2. The van der Waals surface area contributed by atoms with Crippen LogP contribution in [0.4, 0.5) is 5.69 Å². The Morgan fingerprint density at radius 1 is 1.14 bits per heavy atom. The monoisotopic (exact) mass is 303 g/mol. The third-order valence-corrected chi connectivity index (χ3v) is 4.09. The summed E-state index contributed by atoms with van der Waals surface area (Å²) in [6.07, 6.45) is 4.57. The number of nitrogens with zero attached hydrogens (tertiary/aromatic N) is 1. The van der Waals surface area contributed by atoms with Crippen molar-refractivity contribution in [3.63, 3.8) is 0 Å². The molecule has 1 unspecified atom stereocenters. The summed E-state index contributed by atoms with van der Waals surface area (Å²) in [7, 11) is 0.